The lowest BCUT2D eigenvalue weighted by Crippen LogP contribution is -2.49. The summed E-state index contributed by atoms with van der Waals surface area (Å²) < 4.78 is 7.08. The summed E-state index contributed by atoms with van der Waals surface area (Å²) in [5.41, 5.74) is 19.6. The van der Waals surface area contributed by atoms with Gasteiger partial charge in [-0.3, -0.25) is 0 Å². The Balaban J connectivity index is 1.26. The predicted octanol–water partition coefficient (Wildman–Crippen LogP) is 7.10. The van der Waals surface area contributed by atoms with E-state index in [0.29, 0.717) is 26.2 Å². The van der Waals surface area contributed by atoms with Gasteiger partial charge in [0.05, 0.1) is 6.54 Å². The number of piperazine rings is 1. The number of azide groups is 1. The van der Waals surface area contributed by atoms with Crippen LogP contribution in [-0.4, -0.2) is 43.8 Å². The first kappa shape index (κ1) is 25.4. The summed E-state index contributed by atoms with van der Waals surface area (Å²) in [6.45, 7) is 9.68. The molecule has 0 bridgehead atoms. The highest BCUT2D eigenvalue weighted by Crippen LogP contribution is 2.44. The predicted molar refractivity (Wildman–Crippen MR) is 155 cm³/mol. The van der Waals surface area contributed by atoms with Gasteiger partial charge in [0.1, 0.15) is 6.61 Å². The molecule has 0 N–H and O–H groups in total. The van der Waals surface area contributed by atoms with Gasteiger partial charge in [-0.25, -0.2) is 4.79 Å². The van der Waals surface area contributed by atoms with Crippen molar-refractivity contribution in [3.8, 4) is 11.1 Å². The highest BCUT2D eigenvalue weighted by atomic mass is 127. The van der Waals surface area contributed by atoms with Gasteiger partial charge < -0.3 is 14.5 Å². The molecule has 5 rings (SSSR count). The van der Waals surface area contributed by atoms with Gasteiger partial charge in [-0.15, -0.1) is 0 Å². The molecule has 8 heteroatoms. The van der Waals surface area contributed by atoms with Crippen molar-refractivity contribution < 1.29 is 9.53 Å². The van der Waals surface area contributed by atoms with Gasteiger partial charge in [-0.05, 0) is 93.4 Å². The van der Waals surface area contributed by atoms with Gasteiger partial charge in [0.2, 0.25) is 0 Å². The van der Waals surface area contributed by atoms with Gasteiger partial charge in [0, 0.05) is 46.3 Å². The van der Waals surface area contributed by atoms with Crippen LogP contribution in [-0.2, 0) is 11.3 Å². The lowest BCUT2D eigenvalue weighted by Gasteiger charge is -2.38. The molecule has 1 saturated heterocycles. The fourth-order valence-electron chi connectivity index (χ4n) is 5.83. The Bertz CT molecular complexity index is 1360. The maximum atomic E-state index is 13.1. The van der Waals surface area contributed by atoms with E-state index in [4.69, 9.17) is 10.3 Å². The molecule has 1 heterocycles. The number of hydrogen-bond acceptors (Lipinski definition) is 4. The van der Waals surface area contributed by atoms with Crippen molar-refractivity contribution in [2.75, 3.05) is 37.7 Å². The van der Waals surface area contributed by atoms with Crippen molar-refractivity contribution in [2.24, 2.45) is 5.11 Å². The van der Waals surface area contributed by atoms with E-state index in [1.807, 2.05) is 17.0 Å². The fraction of sp³-hybridized carbons (Fsp3) is 0.345. The normalized spacial score (nSPS) is 14.7. The quantitative estimate of drug-likeness (QED) is 0.134. The molecule has 0 saturated carbocycles. The number of rotatable bonds is 5. The number of carbonyl (C=O) groups is 1. The number of ether oxygens (including phenoxy) is 1. The Labute approximate surface area is 231 Å². The van der Waals surface area contributed by atoms with Gasteiger partial charge in [0.25, 0.3) is 0 Å². The van der Waals surface area contributed by atoms with Gasteiger partial charge in [0.15, 0.2) is 0 Å². The molecule has 1 fully saturated rings. The first-order valence-electron chi connectivity index (χ1n) is 12.6. The second-order valence-corrected chi connectivity index (χ2v) is 10.8. The Morgan fingerprint density at radius 3 is 2.16 bits per heavy atom. The van der Waals surface area contributed by atoms with Crippen LogP contribution in [0.1, 0.15) is 39.3 Å². The SMILES string of the molecule is Cc1c(I)c(C)c(N2CCN(C(=O)OCC3c4ccccc4-c4ccccc43)CC2)c(C)c1CN=[N+]=[N-]. The number of nitrogens with zero attached hydrogens (tertiary/aromatic N) is 5. The smallest absolute Gasteiger partial charge is 0.409 e. The number of halogens is 1. The van der Waals surface area contributed by atoms with Crippen molar-refractivity contribution in [3.63, 3.8) is 0 Å². The Morgan fingerprint density at radius 1 is 0.973 bits per heavy atom. The molecule has 0 radical (unpaired) electrons. The van der Waals surface area contributed by atoms with Crippen LogP contribution in [0, 0.1) is 24.3 Å². The van der Waals surface area contributed by atoms with Gasteiger partial charge >= 0.3 is 6.09 Å². The zero-order valence-corrected chi connectivity index (χ0v) is 23.5. The maximum Gasteiger partial charge on any atom is 0.409 e. The third-order valence-corrected chi connectivity index (χ3v) is 9.37. The Kier molecular flexibility index (Phi) is 7.31. The molecule has 3 aromatic rings. The molecule has 0 spiro atoms. The fourth-order valence-corrected chi connectivity index (χ4v) is 6.42. The molecule has 37 heavy (non-hydrogen) atoms. The standard InChI is InChI=1S/C29H30IN5O2/c1-18-25(16-32-33-31)19(2)28(20(3)27(18)30)34-12-14-35(15-13-34)29(36)37-17-26-23-10-6-4-8-21(23)22-9-5-7-11-24(22)26/h4-11,26H,12-17H2,1-3H3. The summed E-state index contributed by atoms with van der Waals surface area (Å²) in [5, 5.41) is 3.83. The average molecular weight is 607 g/mol. The largest absolute Gasteiger partial charge is 0.448 e. The lowest BCUT2D eigenvalue weighted by atomic mass is 9.96. The third kappa shape index (κ3) is 4.64. The van der Waals surface area contributed by atoms with E-state index in [2.05, 4.69) is 94.7 Å². The molecule has 3 aromatic carbocycles. The minimum atomic E-state index is -0.252. The van der Waals surface area contributed by atoms with Crippen LogP contribution in [0.3, 0.4) is 0 Å². The minimum absolute atomic E-state index is 0.0621. The second kappa shape index (κ2) is 10.6. The number of anilines is 1. The molecule has 190 valence electrons. The van der Waals surface area contributed by atoms with E-state index in [-0.39, 0.29) is 12.0 Å². The number of fused-ring (bicyclic) bond motifs is 3. The average Bonchev–Trinajstić information content (AvgIpc) is 3.24. The second-order valence-electron chi connectivity index (χ2n) is 9.68. The lowest BCUT2D eigenvalue weighted by molar-refractivity contribution is 0.0976. The van der Waals surface area contributed by atoms with Crippen LogP contribution in [0.5, 0.6) is 0 Å². The number of carbonyl (C=O) groups excluding carboxylic acids is 1. The van der Waals surface area contributed by atoms with E-state index in [0.717, 1.165) is 24.2 Å². The zero-order chi connectivity index (χ0) is 26.1. The molecule has 1 aliphatic heterocycles. The van der Waals surface area contributed by atoms with Crippen LogP contribution in [0.4, 0.5) is 10.5 Å². The monoisotopic (exact) mass is 607 g/mol. The summed E-state index contributed by atoms with van der Waals surface area (Å²) >= 11 is 2.38. The third-order valence-electron chi connectivity index (χ3n) is 7.76. The van der Waals surface area contributed by atoms with Crippen LogP contribution in [0.15, 0.2) is 53.6 Å². The van der Waals surface area contributed by atoms with Crippen molar-refractivity contribution in [1.29, 1.82) is 0 Å². The van der Waals surface area contributed by atoms with Crippen LogP contribution >= 0.6 is 22.6 Å². The van der Waals surface area contributed by atoms with Crippen LogP contribution < -0.4 is 4.90 Å². The number of hydrogen-bond donors (Lipinski definition) is 0. The van der Waals surface area contributed by atoms with Gasteiger partial charge in [-0.2, -0.15) is 0 Å². The molecular weight excluding hydrogens is 577 g/mol. The molecule has 0 unspecified atom stereocenters. The Hall–Kier alpha value is -3.23. The number of benzene rings is 3. The molecule has 0 aromatic heterocycles. The molecule has 0 atom stereocenters. The number of amides is 1. The minimum Gasteiger partial charge on any atom is -0.448 e. The van der Waals surface area contributed by atoms with E-state index >= 15 is 0 Å². The summed E-state index contributed by atoms with van der Waals surface area (Å²) in [7, 11) is 0. The van der Waals surface area contributed by atoms with Crippen LogP contribution in [0.25, 0.3) is 21.6 Å². The van der Waals surface area contributed by atoms with E-state index in [1.165, 1.54) is 42.6 Å². The summed E-state index contributed by atoms with van der Waals surface area (Å²) in [5.74, 6) is 0.0621. The van der Waals surface area contributed by atoms with E-state index in [9.17, 15) is 4.79 Å². The van der Waals surface area contributed by atoms with Crippen molar-refractivity contribution in [3.05, 3.63) is 95.9 Å². The summed E-state index contributed by atoms with van der Waals surface area (Å²) in [4.78, 5) is 20.2. The van der Waals surface area contributed by atoms with Crippen molar-refractivity contribution in [2.45, 2.75) is 33.2 Å². The van der Waals surface area contributed by atoms with Gasteiger partial charge in [-0.1, -0.05) is 53.6 Å². The topological polar surface area (TPSA) is 81.5 Å². The summed E-state index contributed by atoms with van der Waals surface area (Å²) in [6.07, 6.45) is -0.252. The first-order valence-corrected chi connectivity index (χ1v) is 13.6. The molecule has 1 aliphatic carbocycles. The molecular formula is C29H30IN5O2. The van der Waals surface area contributed by atoms with Crippen molar-refractivity contribution in [1.82, 2.24) is 4.90 Å². The molecule has 2 aliphatic rings. The van der Waals surface area contributed by atoms with E-state index < -0.39 is 0 Å². The van der Waals surface area contributed by atoms with Crippen LogP contribution in [0.2, 0.25) is 0 Å². The first-order chi connectivity index (χ1) is 17.9. The Morgan fingerprint density at radius 2 is 1.57 bits per heavy atom. The zero-order valence-electron chi connectivity index (χ0n) is 21.4. The molecule has 7 nitrogen and oxygen atoms in total. The maximum absolute atomic E-state index is 13.1. The highest BCUT2D eigenvalue weighted by Gasteiger charge is 2.31. The summed E-state index contributed by atoms with van der Waals surface area (Å²) in [6, 6.07) is 16.8. The van der Waals surface area contributed by atoms with E-state index in [1.54, 1.807) is 0 Å². The highest BCUT2D eigenvalue weighted by molar-refractivity contribution is 14.1. The van der Waals surface area contributed by atoms with Crippen molar-refractivity contribution >= 4 is 34.4 Å². The molecule has 1 amide bonds.